The van der Waals surface area contributed by atoms with Gasteiger partial charge in [0.15, 0.2) is 0 Å². The SMILES string of the molecule is COC(=O)Cc1nc(Cl)c(C(F)F)cc1F. The number of hydrogen-bond donors (Lipinski definition) is 0. The van der Waals surface area contributed by atoms with E-state index in [1.807, 2.05) is 0 Å². The number of carbonyl (C=O) groups excluding carboxylic acids is 1. The highest BCUT2D eigenvalue weighted by atomic mass is 35.5. The fourth-order valence-corrected chi connectivity index (χ4v) is 1.24. The van der Waals surface area contributed by atoms with Crippen LogP contribution in [0, 0.1) is 5.82 Å². The summed E-state index contributed by atoms with van der Waals surface area (Å²) in [7, 11) is 1.12. The second kappa shape index (κ2) is 5.16. The first-order valence-electron chi connectivity index (χ1n) is 4.15. The molecule has 0 saturated carbocycles. The lowest BCUT2D eigenvalue weighted by Crippen LogP contribution is -2.09. The molecule has 0 bridgehead atoms. The first-order chi connectivity index (χ1) is 7.45. The molecule has 0 N–H and O–H groups in total. The van der Waals surface area contributed by atoms with Gasteiger partial charge in [0.25, 0.3) is 6.43 Å². The van der Waals surface area contributed by atoms with Crippen molar-refractivity contribution in [1.82, 2.24) is 4.98 Å². The fourth-order valence-electron chi connectivity index (χ4n) is 1.00. The van der Waals surface area contributed by atoms with Crippen LogP contribution in [0.25, 0.3) is 0 Å². The summed E-state index contributed by atoms with van der Waals surface area (Å²) in [6, 6.07) is 0.568. The molecule has 1 aromatic rings. The van der Waals surface area contributed by atoms with Gasteiger partial charge < -0.3 is 4.74 Å². The Labute approximate surface area is 94.2 Å². The van der Waals surface area contributed by atoms with Gasteiger partial charge in [-0.2, -0.15) is 0 Å². The third kappa shape index (κ3) is 2.85. The highest BCUT2D eigenvalue weighted by Gasteiger charge is 2.18. The lowest BCUT2D eigenvalue weighted by molar-refractivity contribution is -0.139. The van der Waals surface area contributed by atoms with Crippen LogP contribution in [0.15, 0.2) is 6.07 Å². The lowest BCUT2D eigenvalue weighted by atomic mass is 10.2. The molecule has 7 heteroatoms. The first kappa shape index (κ1) is 12.8. The van der Waals surface area contributed by atoms with Crippen molar-refractivity contribution in [2.45, 2.75) is 12.8 Å². The van der Waals surface area contributed by atoms with E-state index in [-0.39, 0.29) is 5.69 Å². The molecule has 0 radical (unpaired) electrons. The smallest absolute Gasteiger partial charge is 0.311 e. The summed E-state index contributed by atoms with van der Waals surface area (Å²) < 4.78 is 42.1. The monoisotopic (exact) mass is 253 g/mol. The van der Waals surface area contributed by atoms with Gasteiger partial charge in [-0.25, -0.2) is 18.2 Å². The Morgan fingerprint density at radius 1 is 1.62 bits per heavy atom. The number of ether oxygens (including phenoxy) is 1. The molecule has 0 aromatic carbocycles. The van der Waals surface area contributed by atoms with E-state index in [4.69, 9.17) is 11.6 Å². The number of alkyl halides is 2. The van der Waals surface area contributed by atoms with E-state index in [0.29, 0.717) is 6.07 Å². The Hall–Kier alpha value is -1.30. The number of nitrogens with zero attached hydrogens (tertiary/aromatic N) is 1. The predicted molar refractivity (Wildman–Crippen MR) is 49.9 cm³/mol. The molecule has 0 aliphatic rings. The summed E-state index contributed by atoms with van der Waals surface area (Å²) in [4.78, 5) is 14.2. The summed E-state index contributed by atoms with van der Waals surface area (Å²) in [6.07, 6.45) is -3.37. The van der Waals surface area contributed by atoms with Gasteiger partial charge >= 0.3 is 5.97 Å². The van der Waals surface area contributed by atoms with E-state index in [9.17, 15) is 18.0 Å². The van der Waals surface area contributed by atoms with Gasteiger partial charge in [0.2, 0.25) is 0 Å². The van der Waals surface area contributed by atoms with E-state index in [1.165, 1.54) is 0 Å². The molecule has 3 nitrogen and oxygen atoms in total. The van der Waals surface area contributed by atoms with Crippen LogP contribution in [0.3, 0.4) is 0 Å². The molecule has 0 saturated heterocycles. The van der Waals surface area contributed by atoms with E-state index in [1.54, 1.807) is 0 Å². The van der Waals surface area contributed by atoms with Crippen LogP contribution in [0.4, 0.5) is 13.2 Å². The number of methoxy groups -OCH3 is 1. The van der Waals surface area contributed by atoms with Crippen molar-refractivity contribution in [2.24, 2.45) is 0 Å². The molecule has 88 valence electrons. The lowest BCUT2D eigenvalue weighted by Gasteiger charge is -2.06. The van der Waals surface area contributed by atoms with Gasteiger partial charge in [-0.3, -0.25) is 4.79 Å². The third-order valence-corrected chi connectivity index (χ3v) is 2.11. The van der Waals surface area contributed by atoms with Crippen molar-refractivity contribution in [3.8, 4) is 0 Å². The molecular weight excluding hydrogens is 247 g/mol. The van der Waals surface area contributed by atoms with Crippen LogP contribution in [-0.2, 0) is 16.0 Å². The second-order valence-electron chi connectivity index (χ2n) is 2.85. The normalized spacial score (nSPS) is 10.6. The largest absolute Gasteiger partial charge is 0.469 e. The maximum absolute atomic E-state index is 13.2. The summed E-state index contributed by atoms with van der Waals surface area (Å²) in [6.45, 7) is 0. The minimum Gasteiger partial charge on any atom is -0.469 e. The number of carbonyl (C=O) groups is 1. The first-order valence-corrected chi connectivity index (χ1v) is 4.53. The van der Waals surface area contributed by atoms with Crippen molar-refractivity contribution in [3.63, 3.8) is 0 Å². The highest BCUT2D eigenvalue weighted by Crippen LogP contribution is 2.27. The molecule has 0 aliphatic heterocycles. The Morgan fingerprint density at radius 2 is 2.25 bits per heavy atom. The van der Waals surface area contributed by atoms with E-state index >= 15 is 0 Å². The second-order valence-corrected chi connectivity index (χ2v) is 3.21. The van der Waals surface area contributed by atoms with Gasteiger partial charge in [0, 0.05) is 0 Å². The van der Waals surface area contributed by atoms with Crippen molar-refractivity contribution in [2.75, 3.05) is 7.11 Å². The quantitative estimate of drug-likeness (QED) is 0.614. The molecule has 0 aliphatic carbocycles. The zero-order chi connectivity index (χ0) is 12.3. The average Bonchev–Trinajstić information content (AvgIpc) is 2.22. The molecule has 0 fully saturated rings. The van der Waals surface area contributed by atoms with Crippen LogP contribution < -0.4 is 0 Å². The van der Waals surface area contributed by atoms with Crippen molar-refractivity contribution in [1.29, 1.82) is 0 Å². The number of hydrogen-bond acceptors (Lipinski definition) is 3. The molecule has 0 atom stereocenters. The van der Waals surface area contributed by atoms with E-state index < -0.39 is 35.3 Å². The molecular formula is C9H7ClF3NO2. The van der Waals surface area contributed by atoms with Gasteiger partial charge in [-0.1, -0.05) is 11.6 Å². The van der Waals surface area contributed by atoms with Crippen molar-refractivity contribution in [3.05, 3.63) is 28.3 Å². The van der Waals surface area contributed by atoms with Crippen LogP contribution in [0.1, 0.15) is 17.7 Å². The highest BCUT2D eigenvalue weighted by molar-refractivity contribution is 6.30. The van der Waals surface area contributed by atoms with Crippen LogP contribution >= 0.6 is 11.6 Å². The minimum atomic E-state index is -2.92. The van der Waals surface area contributed by atoms with E-state index in [0.717, 1.165) is 7.11 Å². The minimum absolute atomic E-state index is 0.318. The molecule has 0 unspecified atom stereocenters. The Balaban J connectivity index is 3.05. The Kier molecular flexibility index (Phi) is 4.12. The predicted octanol–water partition coefficient (Wildman–Crippen LogP) is 2.53. The van der Waals surface area contributed by atoms with Gasteiger partial charge in [-0.15, -0.1) is 0 Å². The maximum atomic E-state index is 13.2. The van der Waals surface area contributed by atoms with Crippen molar-refractivity contribution < 1.29 is 22.7 Å². The summed E-state index contributed by atoms with van der Waals surface area (Å²) in [5.74, 6) is -1.74. The fraction of sp³-hybridized carbons (Fsp3) is 0.333. The van der Waals surface area contributed by atoms with Gasteiger partial charge in [0.05, 0.1) is 24.8 Å². The van der Waals surface area contributed by atoms with Gasteiger partial charge in [-0.05, 0) is 6.07 Å². The van der Waals surface area contributed by atoms with Crippen LogP contribution in [0.5, 0.6) is 0 Å². The topological polar surface area (TPSA) is 39.2 Å². The average molecular weight is 254 g/mol. The maximum Gasteiger partial charge on any atom is 0.311 e. The molecule has 1 heterocycles. The zero-order valence-electron chi connectivity index (χ0n) is 8.14. The number of aromatic nitrogens is 1. The molecule has 0 amide bonds. The number of rotatable bonds is 3. The standard InChI is InChI=1S/C9H7ClF3NO2/c1-16-7(15)3-6-5(11)2-4(9(12)13)8(10)14-6/h2,9H,3H2,1H3. The summed E-state index contributed by atoms with van der Waals surface area (Å²) in [5, 5.41) is -0.518. The Bertz CT molecular complexity index is 412. The number of esters is 1. The number of pyridine rings is 1. The van der Waals surface area contributed by atoms with Crippen LogP contribution in [0.2, 0.25) is 5.15 Å². The molecule has 1 aromatic heterocycles. The molecule has 0 spiro atoms. The molecule has 16 heavy (non-hydrogen) atoms. The third-order valence-electron chi connectivity index (χ3n) is 1.80. The van der Waals surface area contributed by atoms with Crippen molar-refractivity contribution >= 4 is 17.6 Å². The summed E-state index contributed by atoms with van der Waals surface area (Å²) in [5.41, 5.74) is -1.02. The molecule has 1 rings (SSSR count). The van der Waals surface area contributed by atoms with E-state index in [2.05, 4.69) is 9.72 Å². The number of halogens is 4. The summed E-state index contributed by atoms with van der Waals surface area (Å²) >= 11 is 5.41. The van der Waals surface area contributed by atoms with Crippen LogP contribution in [-0.4, -0.2) is 18.1 Å². The Morgan fingerprint density at radius 3 is 2.75 bits per heavy atom. The van der Waals surface area contributed by atoms with Gasteiger partial charge in [0.1, 0.15) is 11.0 Å². The zero-order valence-corrected chi connectivity index (χ0v) is 8.89.